The fourth-order valence-electron chi connectivity index (χ4n) is 3.02. The van der Waals surface area contributed by atoms with Crippen molar-refractivity contribution >= 4 is 40.7 Å². The van der Waals surface area contributed by atoms with Gasteiger partial charge in [0.1, 0.15) is 11.9 Å². The van der Waals surface area contributed by atoms with Crippen molar-refractivity contribution in [1.29, 1.82) is 0 Å². The number of likely N-dealkylation sites (tertiary alicyclic amines) is 1. The number of carbonyl (C=O) groups is 2. The van der Waals surface area contributed by atoms with Crippen molar-refractivity contribution in [3.05, 3.63) is 63.4 Å². The number of aryl methyl sites for hydroxylation is 1. The fraction of sp³-hybridized carbons (Fsp3) is 0.263. The highest BCUT2D eigenvalue weighted by atomic mass is 35.5. The van der Waals surface area contributed by atoms with Crippen LogP contribution >= 0.6 is 23.2 Å². The minimum atomic E-state index is -0.621. The van der Waals surface area contributed by atoms with Crippen LogP contribution in [0.4, 0.5) is 10.1 Å². The molecule has 26 heavy (non-hydrogen) atoms. The van der Waals surface area contributed by atoms with E-state index in [0.717, 1.165) is 0 Å². The van der Waals surface area contributed by atoms with Crippen LogP contribution in [0.1, 0.15) is 28.8 Å². The molecule has 1 aliphatic heterocycles. The van der Waals surface area contributed by atoms with Gasteiger partial charge in [0, 0.05) is 27.8 Å². The molecular formula is C19H17Cl2FN2O2. The number of nitrogens with zero attached hydrogens (tertiary/aromatic N) is 1. The molecule has 4 nitrogen and oxygen atoms in total. The molecule has 2 aromatic rings. The highest BCUT2D eigenvalue weighted by molar-refractivity contribution is 6.35. The van der Waals surface area contributed by atoms with Gasteiger partial charge in [-0.15, -0.1) is 0 Å². The highest BCUT2D eigenvalue weighted by Gasteiger charge is 2.34. The standard InChI is InChI=1S/C19H17Cl2FN2O2/c1-11-4-5-15(10-16(11)22)23-18(25)17-3-2-6-24(17)19(26)12-7-13(20)9-14(21)8-12/h4-5,7-10,17H,2-3,6H2,1H3,(H,23,25). The zero-order valence-corrected chi connectivity index (χ0v) is 15.6. The summed E-state index contributed by atoms with van der Waals surface area (Å²) >= 11 is 11.9. The summed E-state index contributed by atoms with van der Waals surface area (Å²) in [7, 11) is 0. The van der Waals surface area contributed by atoms with Crippen molar-refractivity contribution in [1.82, 2.24) is 4.90 Å². The monoisotopic (exact) mass is 394 g/mol. The van der Waals surface area contributed by atoms with Crippen molar-refractivity contribution in [3.63, 3.8) is 0 Å². The molecule has 0 saturated carbocycles. The Kier molecular flexibility index (Phi) is 5.49. The summed E-state index contributed by atoms with van der Waals surface area (Å²) < 4.78 is 13.7. The van der Waals surface area contributed by atoms with Gasteiger partial charge in [-0.05, 0) is 55.7 Å². The molecule has 0 radical (unpaired) electrons. The average molecular weight is 395 g/mol. The second-order valence-electron chi connectivity index (χ2n) is 6.27. The molecule has 0 bridgehead atoms. The Balaban J connectivity index is 1.77. The molecule has 136 valence electrons. The van der Waals surface area contributed by atoms with Crippen molar-refractivity contribution < 1.29 is 14.0 Å². The van der Waals surface area contributed by atoms with E-state index < -0.39 is 11.9 Å². The summed E-state index contributed by atoms with van der Waals surface area (Å²) in [6, 6.07) is 8.47. The van der Waals surface area contributed by atoms with Gasteiger partial charge < -0.3 is 10.2 Å². The molecule has 1 heterocycles. The molecule has 3 rings (SSSR count). The Labute approximate surface area is 160 Å². The smallest absolute Gasteiger partial charge is 0.254 e. The topological polar surface area (TPSA) is 49.4 Å². The van der Waals surface area contributed by atoms with E-state index >= 15 is 0 Å². The Hall–Kier alpha value is -2.11. The van der Waals surface area contributed by atoms with E-state index in [2.05, 4.69) is 5.32 Å². The first-order valence-electron chi connectivity index (χ1n) is 8.19. The van der Waals surface area contributed by atoms with Crippen LogP contribution in [0, 0.1) is 12.7 Å². The molecule has 1 fully saturated rings. The third-order valence-corrected chi connectivity index (χ3v) is 4.80. The van der Waals surface area contributed by atoms with Gasteiger partial charge in [-0.3, -0.25) is 9.59 Å². The predicted octanol–water partition coefficient (Wildman–Crippen LogP) is 4.68. The first-order chi connectivity index (χ1) is 12.3. The number of benzene rings is 2. The summed E-state index contributed by atoms with van der Waals surface area (Å²) in [5.74, 6) is -1.04. The van der Waals surface area contributed by atoms with E-state index in [0.29, 0.717) is 46.2 Å². The lowest BCUT2D eigenvalue weighted by molar-refractivity contribution is -0.119. The van der Waals surface area contributed by atoms with Crippen LogP contribution in [-0.4, -0.2) is 29.3 Å². The molecule has 1 saturated heterocycles. The molecule has 1 atom stereocenters. The Morgan fingerprint density at radius 1 is 1.15 bits per heavy atom. The van der Waals surface area contributed by atoms with Crippen LogP contribution < -0.4 is 5.32 Å². The van der Waals surface area contributed by atoms with Crippen LogP contribution in [0.2, 0.25) is 10.0 Å². The summed E-state index contributed by atoms with van der Waals surface area (Å²) in [6.07, 6.45) is 1.25. The van der Waals surface area contributed by atoms with E-state index in [4.69, 9.17) is 23.2 Å². The molecule has 2 aromatic carbocycles. The van der Waals surface area contributed by atoms with Gasteiger partial charge in [0.15, 0.2) is 0 Å². The zero-order valence-electron chi connectivity index (χ0n) is 14.1. The number of nitrogens with one attached hydrogen (secondary N) is 1. The highest BCUT2D eigenvalue weighted by Crippen LogP contribution is 2.25. The molecular weight excluding hydrogens is 378 g/mol. The van der Waals surface area contributed by atoms with E-state index in [1.165, 1.54) is 23.1 Å². The summed E-state index contributed by atoms with van der Waals surface area (Å²) in [6.45, 7) is 2.11. The molecule has 0 spiro atoms. The second kappa shape index (κ2) is 7.64. The normalized spacial score (nSPS) is 16.6. The third-order valence-electron chi connectivity index (χ3n) is 4.37. The lowest BCUT2D eigenvalue weighted by Crippen LogP contribution is -2.43. The first-order valence-corrected chi connectivity index (χ1v) is 8.95. The summed E-state index contributed by atoms with van der Waals surface area (Å²) in [5.41, 5.74) is 1.20. The van der Waals surface area contributed by atoms with Gasteiger partial charge in [-0.2, -0.15) is 0 Å². The number of anilines is 1. The second-order valence-corrected chi connectivity index (χ2v) is 7.14. The van der Waals surface area contributed by atoms with Crippen LogP contribution in [-0.2, 0) is 4.79 Å². The molecule has 1 aliphatic rings. The number of halogens is 3. The number of carbonyl (C=O) groups excluding carboxylic acids is 2. The third kappa shape index (κ3) is 4.00. The van der Waals surface area contributed by atoms with Gasteiger partial charge >= 0.3 is 0 Å². The maximum Gasteiger partial charge on any atom is 0.254 e. The van der Waals surface area contributed by atoms with Crippen molar-refractivity contribution in [2.75, 3.05) is 11.9 Å². The Morgan fingerprint density at radius 2 is 1.85 bits per heavy atom. The molecule has 1 N–H and O–H groups in total. The van der Waals surface area contributed by atoms with Crippen molar-refractivity contribution in [2.24, 2.45) is 0 Å². The van der Waals surface area contributed by atoms with Gasteiger partial charge in [0.2, 0.25) is 5.91 Å². The van der Waals surface area contributed by atoms with E-state index in [9.17, 15) is 14.0 Å². The maximum absolute atomic E-state index is 13.7. The number of rotatable bonds is 3. The van der Waals surface area contributed by atoms with Crippen LogP contribution in [0.25, 0.3) is 0 Å². The van der Waals surface area contributed by atoms with Crippen LogP contribution in [0.3, 0.4) is 0 Å². The largest absolute Gasteiger partial charge is 0.327 e. The van der Waals surface area contributed by atoms with Gasteiger partial charge in [0.05, 0.1) is 0 Å². The van der Waals surface area contributed by atoms with Crippen molar-refractivity contribution in [3.8, 4) is 0 Å². The lowest BCUT2D eigenvalue weighted by atomic mass is 10.1. The molecule has 1 unspecified atom stereocenters. The van der Waals surface area contributed by atoms with Gasteiger partial charge in [-0.25, -0.2) is 4.39 Å². The van der Waals surface area contributed by atoms with Crippen LogP contribution in [0.5, 0.6) is 0 Å². The first kappa shape index (κ1) is 18.7. The predicted molar refractivity (Wildman–Crippen MR) is 100 cm³/mol. The number of amides is 2. The summed E-state index contributed by atoms with van der Waals surface area (Å²) in [5, 5.41) is 3.40. The van der Waals surface area contributed by atoms with Gasteiger partial charge in [0.25, 0.3) is 5.91 Å². The van der Waals surface area contributed by atoms with E-state index in [-0.39, 0.29) is 11.8 Å². The maximum atomic E-state index is 13.7. The minimum absolute atomic E-state index is 0.304. The quantitative estimate of drug-likeness (QED) is 0.820. The zero-order chi connectivity index (χ0) is 18.8. The average Bonchev–Trinajstić information content (AvgIpc) is 3.06. The fourth-order valence-corrected chi connectivity index (χ4v) is 3.55. The number of hydrogen-bond donors (Lipinski definition) is 1. The van der Waals surface area contributed by atoms with Crippen LogP contribution in [0.15, 0.2) is 36.4 Å². The number of hydrogen-bond acceptors (Lipinski definition) is 2. The van der Waals surface area contributed by atoms with E-state index in [1.54, 1.807) is 25.1 Å². The molecule has 7 heteroatoms. The SMILES string of the molecule is Cc1ccc(NC(=O)C2CCCN2C(=O)c2cc(Cl)cc(Cl)c2)cc1F. The Bertz CT molecular complexity index is 852. The molecule has 2 amide bonds. The van der Waals surface area contributed by atoms with Gasteiger partial charge in [-0.1, -0.05) is 29.3 Å². The molecule has 0 aromatic heterocycles. The minimum Gasteiger partial charge on any atom is -0.327 e. The van der Waals surface area contributed by atoms with Crippen molar-refractivity contribution in [2.45, 2.75) is 25.8 Å². The molecule has 0 aliphatic carbocycles. The lowest BCUT2D eigenvalue weighted by Gasteiger charge is -2.24. The Morgan fingerprint density at radius 3 is 2.50 bits per heavy atom. The van der Waals surface area contributed by atoms with E-state index in [1.807, 2.05) is 0 Å². The summed E-state index contributed by atoms with van der Waals surface area (Å²) in [4.78, 5) is 26.9.